The number of aryl methyl sites for hydroxylation is 2. The molecule has 18 heavy (non-hydrogen) atoms. The van der Waals surface area contributed by atoms with Crippen molar-refractivity contribution in [3.63, 3.8) is 0 Å². The Morgan fingerprint density at radius 3 is 2.94 bits per heavy atom. The largest absolute Gasteiger partial charge is 0.454 e. The number of nitrogens with two attached hydrogens (primary N) is 1. The van der Waals surface area contributed by atoms with Gasteiger partial charge in [0.1, 0.15) is 11.6 Å². The fourth-order valence-electron chi connectivity index (χ4n) is 1.62. The van der Waals surface area contributed by atoms with Crippen molar-refractivity contribution in [2.24, 2.45) is 7.05 Å². The molecule has 0 atom stereocenters. The Labute approximate surface area is 108 Å². The Hall–Kier alpha value is -1.89. The number of aromatic nitrogens is 3. The van der Waals surface area contributed by atoms with Crippen molar-refractivity contribution in [2.45, 2.75) is 20.0 Å². The van der Waals surface area contributed by atoms with Crippen LogP contribution in [-0.2, 0) is 24.8 Å². The third-order valence-electron chi connectivity index (χ3n) is 2.50. The SMILES string of the molecule is CCc1nn(C)c(C(=O)OCc2nccs2)c1N. The standard InChI is InChI=1S/C11H14N4O2S/c1-3-7-9(12)10(15(2)14-7)11(16)17-6-8-13-4-5-18-8/h4-5H,3,6,12H2,1-2H3. The molecule has 0 unspecified atom stereocenters. The normalized spacial score (nSPS) is 10.6. The molecule has 0 aliphatic rings. The predicted octanol–water partition coefficient (Wildman–Crippen LogP) is 1.38. The van der Waals surface area contributed by atoms with Crippen molar-refractivity contribution in [3.8, 4) is 0 Å². The van der Waals surface area contributed by atoms with Crippen LogP contribution in [0.3, 0.4) is 0 Å². The van der Waals surface area contributed by atoms with Gasteiger partial charge in [-0.05, 0) is 6.42 Å². The van der Waals surface area contributed by atoms with Gasteiger partial charge in [-0.1, -0.05) is 6.92 Å². The van der Waals surface area contributed by atoms with Gasteiger partial charge in [-0.2, -0.15) is 5.10 Å². The second kappa shape index (κ2) is 5.18. The average molecular weight is 266 g/mol. The number of nitrogen functional groups attached to an aromatic ring is 1. The molecule has 2 aromatic heterocycles. The van der Waals surface area contributed by atoms with E-state index in [0.29, 0.717) is 23.5 Å². The highest BCUT2D eigenvalue weighted by Gasteiger charge is 2.20. The Morgan fingerprint density at radius 2 is 2.39 bits per heavy atom. The summed E-state index contributed by atoms with van der Waals surface area (Å²) in [6.07, 6.45) is 2.35. The Kier molecular flexibility index (Phi) is 3.61. The van der Waals surface area contributed by atoms with E-state index in [1.165, 1.54) is 16.0 Å². The number of carbonyl (C=O) groups is 1. The molecule has 2 aromatic rings. The molecule has 0 aliphatic carbocycles. The van der Waals surface area contributed by atoms with Crippen LogP contribution < -0.4 is 5.73 Å². The van der Waals surface area contributed by atoms with Crippen LogP contribution in [0, 0.1) is 0 Å². The molecule has 0 saturated carbocycles. The Morgan fingerprint density at radius 1 is 1.61 bits per heavy atom. The molecule has 2 heterocycles. The van der Waals surface area contributed by atoms with Crippen molar-refractivity contribution < 1.29 is 9.53 Å². The maximum absolute atomic E-state index is 11.9. The molecule has 7 heteroatoms. The molecule has 2 N–H and O–H groups in total. The van der Waals surface area contributed by atoms with Gasteiger partial charge in [0.2, 0.25) is 0 Å². The fourth-order valence-corrected chi connectivity index (χ4v) is 2.15. The van der Waals surface area contributed by atoms with Gasteiger partial charge in [0.05, 0.1) is 11.4 Å². The highest BCUT2D eigenvalue weighted by atomic mass is 32.1. The number of hydrogen-bond acceptors (Lipinski definition) is 6. The summed E-state index contributed by atoms with van der Waals surface area (Å²) in [5.74, 6) is -0.475. The molecule has 0 saturated heterocycles. The summed E-state index contributed by atoms with van der Waals surface area (Å²) in [5, 5.41) is 6.75. The minimum absolute atomic E-state index is 0.155. The van der Waals surface area contributed by atoms with Crippen LogP contribution in [0.15, 0.2) is 11.6 Å². The summed E-state index contributed by atoms with van der Waals surface area (Å²) < 4.78 is 6.62. The minimum Gasteiger partial charge on any atom is -0.454 e. The zero-order valence-corrected chi connectivity index (χ0v) is 11.0. The number of rotatable bonds is 4. The molecule has 0 aromatic carbocycles. The molecule has 96 valence electrons. The lowest BCUT2D eigenvalue weighted by Gasteiger charge is -2.03. The van der Waals surface area contributed by atoms with Crippen molar-refractivity contribution in [1.82, 2.24) is 14.8 Å². The molecule has 0 radical (unpaired) electrons. The molecule has 0 amide bonds. The first-order chi connectivity index (χ1) is 8.63. The molecule has 0 aliphatic heterocycles. The number of esters is 1. The molecule has 0 bridgehead atoms. The van der Waals surface area contributed by atoms with E-state index < -0.39 is 5.97 Å². The van der Waals surface area contributed by atoms with Crippen molar-refractivity contribution in [1.29, 1.82) is 0 Å². The molecule has 6 nitrogen and oxygen atoms in total. The van der Waals surface area contributed by atoms with Crippen LogP contribution in [0.4, 0.5) is 5.69 Å². The second-order valence-corrected chi connectivity index (χ2v) is 4.67. The molecule has 0 fully saturated rings. The summed E-state index contributed by atoms with van der Waals surface area (Å²) in [6.45, 7) is 2.09. The van der Waals surface area contributed by atoms with Crippen molar-refractivity contribution in [2.75, 3.05) is 5.73 Å². The quantitative estimate of drug-likeness (QED) is 0.845. The van der Waals surface area contributed by atoms with Crippen LogP contribution in [0.25, 0.3) is 0 Å². The van der Waals surface area contributed by atoms with E-state index in [4.69, 9.17) is 10.5 Å². The first kappa shape index (κ1) is 12.6. The van der Waals surface area contributed by atoms with Gasteiger partial charge in [0, 0.05) is 18.6 Å². The van der Waals surface area contributed by atoms with Gasteiger partial charge in [-0.15, -0.1) is 11.3 Å². The summed E-state index contributed by atoms with van der Waals surface area (Å²) in [4.78, 5) is 16.0. The van der Waals surface area contributed by atoms with Crippen LogP contribution >= 0.6 is 11.3 Å². The number of thiazole rings is 1. The van der Waals surface area contributed by atoms with E-state index in [9.17, 15) is 4.79 Å². The van der Waals surface area contributed by atoms with Crippen LogP contribution in [0.1, 0.15) is 28.1 Å². The lowest BCUT2D eigenvalue weighted by Crippen LogP contribution is -2.12. The van der Waals surface area contributed by atoms with E-state index in [1.54, 1.807) is 13.2 Å². The smallest absolute Gasteiger partial charge is 0.359 e. The zero-order valence-electron chi connectivity index (χ0n) is 10.2. The van der Waals surface area contributed by atoms with Gasteiger partial charge in [-0.3, -0.25) is 4.68 Å². The van der Waals surface area contributed by atoms with E-state index in [-0.39, 0.29) is 6.61 Å². The molecule has 2 rings (SSSR count). The highest BCUT2D eigenvalue weighted by Crippen LogP contribution is 2.18. The first-order valence-corrected chi connectivity index (χ1v) is 6.38. The molecule has 0 spiro atoms. The van der Waals surface area contributed by atoms with E-state index in [2.05, 4.69) is 10.1 Å². The summed E-state index contributed by atoms with van der Waals surface area (Å²) >= 11 is 1.44. The van der Waals surface area contributed by atoms with Gasteiger partial charge >= 0.3 is 5.97 Å². The van der Waals surface area contributed by atoms with Crippen molar-refractivity contribution in [3.05, 3.63) is 28.0 Å². The minimum atomic E-state index is -0.475. The van der Waals surface area contributed by atoms with Gasteiger partial charge in [0.15, 0.2) is 5.69 Å². The monoisotopic (exact) mass is 266 g/mol. The maximum Gasteiger partial charge on any atom is 0.359 e. The topological polar surface area (TPSA) is 83.0 Å². The number of ether oxygens (including phenoxy) is 1. The number of carbonyl (C=O) groups excluding carboxylic acids is 1. The third kappa shape index (κ3) is 2.35. The van der Waals surface area contributed by atoms with Gasteiger partial charge < -0.3 is 10.5 Å². The lowest BCUT2D eigenvalue weighted by atomic mass is 10.2. The highest BCUT2D eigenvalue weighted by molar-refractivity contribution is 7.09. The van der Waals surface area contributed by atoms with E-state index in [0.717, 1.165) is 5.01 Å². The Balaban J connectivity index is 2.11. The maximum atomic E-state index is 11.9. The second-order valence-electron chi connectivity index (χ2n) is 3.69. The summed E-state index contributed by atoms with van der Waals surface area (Å²) in [7, 11) is 1.68. The zero-order chi connectivity index (χ0) is 13.1. The first-order valence-electron chi connectivity index (χ1n) is 5.50. The predicted molar refractivity (Wildman–Crippen MR) is 68.2 cm³/mol. The summed E-state index contributed by atoms with van der Waals surface area (Å²) in [5.41, 5.74) is 7.26. The van der Waals surface area contributed by atoms with Gasteiger partial charge in [-0.25, -0.2) is 9.78 Å². The van der Waals surface area contributed by atoms with Crippen LogP contribution in [0.2, 0.25) is 0 Å². The average Bonchev–Trinajstić information content (AvgIpc) is 2.94. The van der Waals surface area contributed by atoms with Crippen LogP contribution in [-0.4, -0.2) is 20.7 Å². The van der Waals surface area contributed by atoms with Gasteiger partial charge in [0.25, 0.3) is 0 Å². The number of hydrogen-bond donors (Lipinski definition) is 1. The Bertz CT molecular complexity index is 548. The molecular formula is C11H14N4O2S. The summed E-state index contributed by atoms with van der Waals surface area (Å²) in [6, 6.07) is 0. The molecular weight excluding hydrogens is 252 g/mol. The van der Waals surface area contributed by atoms with Crippen LogP contribution in [0.5, 0.6) is 0 Å². The number of nitrogens with zero attached hydrogens (tertiary/aromatic N) is 3. The van der Waals surface area contributed by atoms with Crippen molar-refractivity contribution >= 4 is 23.0 Å². The van der Waals surface area contributed by atoms with E-state index in [1.807, 2.05) is 12.3 Å². The number of anilines is 1. The lowest BCUT2D eigenvalue weighted by molar-refractivity contribution is 0.0461. The third-order valence-corrected chi connectivity index (χ3v) is 3.25. The fraction of sp³-hybridized carbons (Fsp3) is 0.364. The van der Waals surface area contributed by atoms with E-state index >= 15 is 0 Å².